The molecule has 0 aliphatic rings. The molecule has 0 saturated heterocycles. The first-order chi connectivity index (χ1) is 7.65. The SMILES string of the molecule is CCN(C(=O)O)C(=O)C=Cc1ccccc1. The number of carboxylic acid groups (broad SMARTS) is 1. The van der Waals surface area contributed by atoms with E-state index in [0.717, 1.165) is 10.5 Å². The maximum atomic E-state index is 11.4. The predicted molar refractivity (Wildman–Crippen MR) is 60.9 cm³/mol. The zero-order valence-corrected chi connectivity index (χ0v) is 8.96. The lowest BCUT2D eigenvalue weighted by atomic mass is 10.2. The van der Waals surface area contributed by atoms with Crippen LogP contribution in [-0.2, 0) is 4.79 Å². The number of amides is 2. The van der Waals surface area contributed by atoms with Crippen molar-refractivity contribution in [2.75, 3.05) is 6.54 Å². The molecule has 84 valence electrons. The van der Waals surface area contributed by atoms with Gasteiger partial charge in [-0.05, 0) is 18.6 Å². The molecule has 0 radical (unpaired) electrons. The summed E-state index contributed by atoms with van der Waals surface area (Å²) in [5, 5.41) is 8.71. The molecular formula is C12H13NO3. The van der Waals surface area contributed by atoms with Crippen LogP contribution >= 0.6 is 0 Å². The first-order valence-corrected chi connectivity index (χ1v) is 4.92. The number of imide groups is 1. The predicted octanol–water partition coefficient (Wildman–Crippen LogP) is 2.23. The van der Waals surface area contributed by atoms with E-state index in [-0.39, 0.29) is 6.54 Å². The fourth-order valence-electron chi connectivity index (χ4n) is 1.21. The summed E-state index contributed by atoms with van der Waals surface area (Å²) in [5.41, 5.74) is 0.859. The van der Waals surface area contributed by atoms with Crippen molar-refractivity contribution in [1.82, 2.24) is 4.90 Å². The van der Waals surface area contributed by atoms with Gasteiger partial charge >= 0.3 is 6.09 Å². The van der Waals surface area contributed by atoms with Crippen LogP contribution in [0.15, 0.2) is 36.4 Å². The van der Waals surface area contributed by atoms with E-state index in [1.54, 1.807) is 13.0 Å². The first kappa shape index (κ1) is 12.0. The highest BCUT2D eigenvalue weighted by atomic mass is 16.4. The molecule has 4 nitrogen and oxygen atoms in total. The molecule has 1 N–H and O–H groups in total. The third kappa shape index (κ3) is 3.24. The summed E-state index contributed by atoms with van der Waals surface area (Å²) in [5.74, 6) is -0.529. The number of nitrogens with zero attached hydrogens (tertiary/aromatic N) is 1. The van der Waals surface area contributed by atoms with Gasteiger partial charge in [0.05, 0.1) is 0 Å². The second-order valence-corrected chi connectivity index (χ2v) is 3.11. The third-order valence-corrected chi connectivity index (χ3v) is 2.03. The summed E-state index contributed by atoms with van der Waals surface area (Å²) in [6.07, 6.45) is 1.62. The van der Waals surface area contributed by atoms with Crippen molar-refractivity contribution in [3.63, 3.8) is 0 Å². The van der Waals surface area contributed by atoms with Crippen molar-refractivity contribution in [3.05, 3.63) is 42.0 Å². The van der Waals surface area contributed by atoms with Gasteiger partial charge < -0.3 is 5.11 Å². The second kappa shape index (κ2) is 5.70. The lowest BCUT2D eigenvalue weighted by Crippen LogP contribution is -2.34. The molecule has 0 heterocycles. The quantitative estimate of drug-likeness (QED) is 0.793. The molecule has 1 aromatic carbocycles. The number of benzene rings is 1. The summed E-state index contributed by atoms with van der Waals surface area (Å²) in [6.45, 7) is 1.76. The molecule has 0 aromatic heterocycles. The zero-order chi connectivity index (χ0) is 12.0. The van der Waals surface area contributed by atoms with E-state index in [0.29, 0.717) is 0 Å². The van der Waals surface area contributed by atoms with Gasteiger partial charge in [0.2, 0.25) is 0 Å². The van der Waals surface area contributed by atoms with Gasteiger partial charge in [0.1, 0.15) is 0 Å². The van der Waals surface area contributed by atoms with E-state index in [4.69, 9.17) is 5.11 Å². The highest BCUT2D eigenvalue weighted by Gasteiger charge is 2.15. The third-order valence-electron chi connectivity index (χ3n) is 2.03. The minimum Gasteiger partial charge on any atom is -0.465 e. The molecule has 0 aliphatic carbocycles. The highest BCUT2D eigenvalue weighted by Crippen LogP contribution is 2.02. The van der Waals surface area contributed by atoms with Crippen molar-refractivity contribution in [2.24, 2.45) is 0 Å². The molecule has 0 atom stereocenters. The number of carbonyl (C=O) groups is 2. The van der Waals surface area contributed by atoms with E-state index in [1.165, 1.54) is 6.08 Å². The van der Waals surface area contributed by atoms with E-state index in [9.17, 15) is 9.59 Å². The van der Waals surface area contributed by atoms with Gasteiger partial charge in [0.25, 0.3) is 5.91 Å². The second-order valence-electron chi connectivity index (χ2n) is 3.11. The Balaban J connectivity index is 2.71. The Morgan fingerprint density at radius 1 is 1.31 bits per heavy atom. The monoisotopic (exact) mass is 219 g/mol. The van der Waals surface area contributed by atoms with Gasteiger partial charge in [-0.2, -0.15) is 0 Å². The van der Waals surface area contributed by atoms with Gasteiger partial charge in [-0.1, -0.05) is 30.3 Å². The van der Waals surface area contributed by atoms with E-state index in [1.807, 2.05) is 30.3 Å². The van der Waals surface area contributed by atoms with Crippen LogP contribution in [0.25, 0.3) is 6.08 Å². The molecule has 1 aromatic rings. The van der Waals surface area contributed by atoms with Crippen LogP contribution in [-0.4, -0.2) is 28.6 Å². The normalized spacial score (nSPS) is 10.3. The maximum absolute atomic E-state index is 11.4. The number of hydrogen-bond acceptors (Lipinski definition) is 2. The van der Waals surface area contributed by atoms with Crippen molar-refractivity contribution < 1.29 is 14.7 Å². The van der Waals surface area contributed by atoms with Crippen LogP contribution < -0.4 is 0 Å². The van der Waals surface area contributed by atoms with Gasteiger partial charge in [0.15, 0.2) is 0 Å². The van der Waals surface area contributed by atoms with Crippen LogP contribution in [0.4, 0.5) is 4.79 Å². The van der Waals surface area contributed by atoms with Crippen LogP contribution in [0.1, 0.15) is 12.5 Å². The van der Waals surface area contributed by atoms with E-state index < -0.39 is 12.0 Å². The Kier molecular flexibility index (Phi) is 4.27. The van der Waals surface area contributed by atoms with Crippen molar-refractivity contribution in [1.29, 1.82) is 0 Å². The molecule has 1 rings (SSSR count). The molecule has 0 aliphatic heterocycles. The number of hydrogen-bond donors (Lipinski definition) is 1. The molecule has 4 heteroatoms. The topological polar surface area (TPSA) is 57.6 Å². The van der Waals surface area contributed by atoms with Crippen LogP contribution in [0.2, 0.25) is 0 Å². The lowest BCUT2D eigenvalue weighted by molar-refractivity contribution is -0.123. The average molecular weight is 219 g/mol. The summed E-state index contributed by atoms with van der Waals surface area (Å²) in [6, 6.07) is 9.23. The van der Waals surface area contributed by atoms with Crippen molar-refractivity contribution in [2.45, 2.75) is 6.92 Å². The Bertz CT molecular complexity index is 398. The average Bonchev–Trinajstić information content (AvgIpc) is 2.28. The van der Waals surface area contributed by atoms with E-state index >= 15 is 0 Å². The van der Waals surface area contributed by atoms with Gasteiger partial charge in [0, 0.05) is 12.6 Å². The van der Waals surface area contributed by atoms with E-state index in [2.05, 4.69) is 0 Å². The first-order valence-electron chi connectivity index (χ1n) is 4.92. The largest absolute Gasteiger partial charge is 0.465 e. The van der Waals surface area contributed by atoms with Crippen LogP contribution in [0, 0.1) is 0 Å². The molecular weight excluding hydrogens is 206 g/mol. The molecule has 0 bridgehead atoms. The molecule has 16 heavy (non-hydrogen) atoms. The Labute approximate surface area is 93.8 Å². The van der Waals surface area contributed by atoms with Crippen molar-refractivity contribution >= 4 is 18.1 Å². The minimum absolute atomic E-state index is 0.146. The molecule has 0 saturated carbocycles. The van der Waals surface area contributed by atoms with Crippen LogP contribution in [0.5, 0.6) is 0 Å². The van der Waals surface area contributed by atoms with Crippen LogP contribution in [0.3, 0.4) is 0 Å². The zero-order valence-electron chi connectivity index (χ0n) is 8.96. The van der Waals surface area contributed by atoms with Gasteiger partial charge in [-0.15, -0.1) is 0 Å². The summed E-state index contributed by atoms with van der Waals surface area (Å²) in [4.78, 5) is 22.9. The summed E-state index contributed by atoms with van der Waals surface area (Å²) >= 11 is 0. The number of likely N-dealkylation sites (N-methyl/N-ethyl adjacent to an activating group) is 1. The smallest absolute Gasteiger partial charge is 0.414 e. The Hall–Kier alpha value is -2.10. The molecule has 0 unspecified atom stereocenters. The van der Waals surface area contributed by atoms with Gasteiger partial charge in [-0.25, -0.2) is 9.69 Å². The number of carbonyl (C=O) groups excluding carboxylic acids is 1. The summed E-state index contributed by atoms with van der Waals surface area (Å²) in [7, 11) is 0. The standard InChI is InChI=1S/C12H13NO3/c1-2-13(12(15)16)11(14)9-8-10-6-4-3-5-7-10/h3-9H,2H2,1H3,(H,15,16). The fraction of sp³-hybridized carbons (Fsp3) is 0.167. The van der Waals surface area contributed by atoms with Crippen molar-refractivity contribution in [3.8, 4) is 0 Å². The Morgan fingerprint density at radius 3 is 2.44 bits per heavy atom. The summed E-state index contributed by atoms with van der Waals surface area (Å²) < 4.78 is 0. The maximum Gasteiger partial charge on any atom is 0.414 e. The van der Waals surface area contributed by atoms with Gasteiger partial charge in [-0.3, -0.25) is 4.79 Å². The molecule has 0 fully saturated rings. The fourth-order valence-corrected chi connectivity index (χ4v) is 1.21. The molecule has 2 amide bonds. The Morgan fingerprint density at radius 2 is 1.94 bits per heavy atom. The minimum atomic E-state index is -1.23. The number of rotatable bonds is 3. The lowest BCUT2D eigenvalue weighted by Gasteiger charge is -2.11. The molecule has 0 spiro atoms. The highest BCUT2D eigenvalue weighted by molar-refractivity contribution is 6.00.